The lowest BCUT2D eigenvalue weighted by molar-refractivity contribution is -0.121. The van der Waals surface area contributed by atoms with Crippen LogP contribution in [0.4, 0.5) is 0 Å². The molecule has 0 spiro atoms. The third-order valence-corrected chi connectivity index (χ3v) is 2.82. The van der Waals surface area contributed by atoms with Crippen LogP contribution in [-0.4, -0.2) is 45.8 Å². The Morgan fingerprint density at radius 2 is 1.93 bits per heavy atom. The second-order valence-electron chi connectivity index (χ2n) is 4.04. The maximum Gasteiger partial charge on any atom is 0.171 e. The molecule has 4 heteroatoms. The Hall–Kier alpha value is -0.160. The lowest BCUT2D eigenvalue weighted by Crippen LogP contribution is -2.45. The lowest BCUT2D eigenvalue weighted by Gasteiger charge is -2.26. The van der Waals surface area contributed by atoms with E-state index in [1.54, 1.807) is 14.2 Å². The van der Waals surface area contributed by atoms with Crippen molar-refractivity contribution in [3.63, 3.8) is 0 Å². The molecule has 1 N–H and O–H groups in total. The summed E-state index contributed by atoms with van der Waals surface area (Å²) in [7, 11) is 3.34. The molecule has 15 heavy (non-hydrogen) atoms. The van der Waals surface area contributed by atoms with Gasteiger partial charge in [-0.15, -0.1) is 0 Å². The summed E-state index contributed by atoms with van der Waals surface area (Å²) in [5.41, 5.74) is 0. The third-order valence-electron chi connectivity index (χ3n) is 2.82. The molecule has 90 valence electrons. The van der Waals surface area contributed by atoms with E-state index in [0.29, 0.717) is 6.04 Å². The van der Waals surface area contributed by atoms with Crippen molar-refractivity contribution in [3.05, 3.63) is 0 Å². The molecule has 2 unspecified atom stereocenters. The summed E-state index contributed by atoms with van der Waals surface area (Å²) in [6.45, 7) is 3.84. The molecule has 0 saturated carbocycles. The first-order chi connectivity index (χ1) is 7.27. The summed E-state index contributed by atoms with van der Waals surface area (Å²) in [6, 6.07) is 0.735. The molecule has 0 aliphatic carbocycles. The highest BCUT2D eigenvalue weighted by molar-refractivity contribution is 4.75. The lowest BCUT2D eigenvalue weighted by atomic mass is 10.1. The first-order valence-corrected chi connectivity index (χ1v) is 5.67. The number of hydrogen-bond acceptors (Lipinski definition) is 4. The molecule has 1 heterocycles. The van der Waals surface area contributed by atoms with Gasteiger partial charge in [-0.2, -0.15) is 0 Å². The van der Waals surface area contributed by atoms with E-state index in [-0.39, 0.29) is 12.3 Å². The van der Waals surface area contributed by atoms with Crippen LogP contribution >= 0.6 is 0 Å². The Bertz CT molecular complexity index is 154. The largest absolute Gasteiger partial charge is 0.381 e. The van der Waals surface area contributed by atoms with Gasteiger partial charge >= 0.3 is 0 Å². The molecular weight excluding hydrogens is 194 g/mol. The van der Waals surface area contributed by atoms with Crippen molar-refractivity contribution >= 4 is 0 Å². The average Bonchev–Trinajstić information content (AvgIpc) is 2.48. The average molecular weight is 217 g/mol. The van der Waals surface area contributed by atoms with Gasteiger partial charge in [0, 0.05) is 33.5 Å². The van der Waals surface area contributed by atoms with Crippen LogP contribution in [0.3, 0.4) is 0 Å². The van der Waals surface area contributed by atoms with Gasteiger partial charge in [0.1, 0.15) is 0 Å². The normalized spacial score (nSPS) is 25.2. The maximum absolute atomic E-state index is 5.42. The predicted octanol–water partition coefficient (Wildman–Crippen LogP) is 1.15. The molecule has 0 amide bonds. The van der Waals surface area contributed by atoms with E-state index >= 15 is 0 Å². The standard InChI is InChI=1S/C11H23NO3/c1-9(11(13-2)14-3)12-10-5-4-7-15-8-6-10/h9-12H,4-8H2,1-3H3. The summed E-state index contributed by atoms with van der Waals surface area (Å²) in [6.07, 6.45) is 3.21. The minimum atomic E-state index is -0.172. The van der Waals surface area contributed by atoms with Gasteiger partial charge in [0.2, 0.25) is 0 Å². The van der Waals surface area contributed by atoms with Gasteiger partial charge in [0.25, 0.3) is 0 Å². The summed E-state index contributed by atoms with van der Waals surface area (Å²) in [5.74, 6) is 0. The molecule has 1 aliphatic rings. The van der Waals surface area contributed by atoms with Crippen LogP contribution < -0.4 is 5.32 Å². The molecule has 0 bridgehead atoms. The van der Waals surface area contributed by atoms with Crippen molar-refractivity contribution in [2.24, 2.45) is 0 Å². The Morgan fingerprint density at radius 1 is 1.20 bits per heavy atom. The second-order valence-corrected chi connectivity index (χ2v) is 4.04. The number of rotatable bonds is 5. The Kier molecular flexibility index (Phi) is 6.17. The summed E-state index contributed by atoms with van der Waals surface area (Å²) < 4.78 is 15.9. The first-order valence-electron chi connectivity index (χ1n) is 5.67. The van der Waals surface area contributed by atoms with Gasteiger partial charge in [-0.05, 0) is 26.2 Å². The van der Waals surface area contributed by atoms with Crippen LogP contribution in [0.25, 0.3) is 0 Å². The minimum Gasteiger partial charge on any atom is -0.381 e. The summed E-state index contributed by atoms with van der Waals surface area (Å²) >= 11 is 0. The van der Waals surface area contributed by atoms with E-state index in [0.717, 1.165) is 26.1 Å². The van der Waals surface area contributed by atoms with Crippen molar-refractivity contribution in [2.45, 2.75) is 44.6 Å². The SMILES string of the molecule is COC(OC)C(C)NC1CCCOCC1. The van der Waals surface area contributed by atoms with Crippen molar-refractivity contribution in [1.29, 1.82) is 0 Å². The van der Waals surface area contributed by atoms with E-state index in [2.05, 4.69) is 12.2 Å². The molecule has 0 aromatic rings. The van der Waals surface area contributed by atoms with Gasteiger partial charge in [0.15, 0.2) is 6.29 Å². The van der Waals surface area contributed by atoms with Crippen molar-refractivity contribution < 1.29 is 14.2 Å². The molecule has 1 aliphatic heterocycles. The molecule has 1 saturated heterocycles. The first kappa shape index (κ1) is 12.9. The fourth-order valence-electron chi connectivity index (χ4n) is 2.03. The van der Waals surface area contributed by atoms with Crippen LogP contribution in [-0.2, 0) is 14.2 Å². The Labute approximate surface area is 92.3 Å². The quantitative estimate of drug-likeness (QED) is 0.701. The van der Waals surface area contributed by atoms with Crippen molar-refractivity contribution in [3.8, 4) is 0 Å². The van der Waals surface area contributed by atoms with E-state index in [1.165, 1.54) is 6.42 Å². The van der Waals surface area contributed by atoms with E-state index in [1.807, 2.05) is 0 Å². The van der Waals surface area contributed by atoms with Crippen LogP contribution in [0, 0.1) is 0 Å². The van der Waals surface area contributed by atoms with Gasteiger partial charge in [-0.3, -0.25) is 0 Å². The van der Waals surface area contributed by atoms with Crippen LogP contribution in [0.15, 0.2) is 0 Å². The van der Waals surface area contributed by atoms with Crippen molar-refractivity contribution in [2.75, 3.05) is 27.4 Å². The van der Waals surface area contributed by atoms with Crippen LogP contribution in [0.5, 0.6) is 0 Å². The van der Waals surface area contributed by atoms with Gasteiger partial charge in [-0.25, -0.2) is 0 Å². The molecule has 1 fully saturated rings. The van der Waals surface area contributed by atoms with E-state index in [4.69, 9.17) is 14.2 Å². The highest BCUT2D eigenvalue weighted by Crippen LogP contribution is 2.10. The van der Waals surface area contributed by atoms with Crippen LogP contribution in [0.1, 0.15) is 26.2 Å². The monoisotopic (exact) mass is 217 g/mol. The maximum atomic E-state index is 5.42. The van der Waals surface area contributed by atoms with Crippen molar-refractivity contribution in [1.82, 2.24) is 5.32 Å². The highest BCUT2D eigenvalue weighted by Gasteiger charge is 2.20. The van der Waals surface area contributed by atoms with E-state index < -0.39 is 0 Å². The predicted molar refractivity (Wildman–Crippen MR) is 58.9 cm³/mol. The fraction of sp³-hybridized carbons (Fsp3) is 1.00. The highest BCUT2D eigenvalue weighted by atomic mass is 16.7. The smallest absolute Gasteiger partial charge is 0.171 e. The topological polar surface area (TPSA) is 39.7 Å². The number of hydrogen-bond donors (Lipinski definition) is 1. The minimum absolute atomic E-state index is 0.172. The molecule has 2 atom stereocenters. The summed E-state index contributed by atoms with van der Waals surface area (Å²) in [5, 5.41) is 3.53. The van der Waals surface area contributed by atoms with Gasteiger partial charge in [0.05, 0.1) is 6.04 Å². The molecule has 1 rings (SSSR count). The second kappa shape index (κ2) is 7.17. The summed E-state index contributed by atoms with van der Waals surface area (Å²) in [4.78, 5) is 0. The zero-order chi connectivity index (χ0) is 11.1. The molecule has 0 aromatic heterocycles. The number of nitrogens with one attached hydrogen (secondary N) is 1. The zero-order valence-electron chi connectivity index (χ0n) is 9.99. The third kappa shape index (κ3) is 4.47. The van der Waals surface area contributed by atoms with Crippen LogP contribution in [0.2, 0.25) is 0 Å². The molecule has 4 nitrogen and oxygen atoms in total. The molecular formula is C11H23NO3. The number of methoxy groups -OCH3 is 2. The fourth-order valence-corrected chi connectivity index (χ4v) is 2.03. The zero-order valence-corrected chi connectivity index (χ0v) is 9.99. The van der Waals surface area contributed by atoms with Gasteiger partial charge < -0.3 is 19.5 Å². The van der Waals surface area contributed by atoms with E-state index in [9.17, 15) is 0 Å². The molecule has 0 radical (unpaired) electrons. The molecule has 0 aromatic carbocycles. The number of ether oxygens (including phenoxy) is 3. The Morgan fingerprint density at radius 3 is 2.60 bits per heavy atom. The Balaban J connectivity index is 2.31. The van der Waals surface area contributed by atoms with Gasteiger partial charge in [-0.1, -0.05) is 0 Å².